The molecule has 1 saturated heterocycles. The summed E-state index contributed by atoms with van der Waals surface area (Å²) in [6.45, 7) is 2.36. The van der Waals surface area contributed by atoms with Gasteiger partial charge < -0.3 is 5.32 Å². The molecule has 0 atom stereocenters. The van der Waals surface area contributed by atoms with Crippen molar-refractivity contribution in [1.29, 1.82) is 0 Å². The van der Waals surface area contributed by atoms with Crippen molar-refractivity contribution < 1.29 is 18.0 Å². The Hall–Kier alpha value is -2.05. The maximum Gasteiger partial charge on any atom is 0.416 e. The molecular weight excluding hydrogens is 377 g/mol. The van der Waals surface area contributed by atoms with Crippen LogP contribution in [-0.4, -0.2) is 23.9 Å². The van der Waals surface area contributed by atoms with E-state index in [1.165, 1.54) is 5.56 Å². The third-order valence-electron chi connectivity index (χ3n) is 4.76. The van der Waals surface area contributed by atoms with E-state index in [0.717, 1.165) is 37.8 Å². The molecule has 0 saturated carbocycles. The SMILES string of the molecule is O=C(Nc1cc(C(F)(F)F)ccc1Cl)C1CCN(Cc2ccccc2)CC1. The van der Waals surface area contributed by atoms with Crippen molar-refractivity contribution in [2.75, 3.05) is 18.4 Å². The number of carbonyl (C=O) groups excluding carboxylic acids is 1. The molecule has 3 nitrogen and oxygen atoms in total. The molecule has 1 heterocycles. The minimum atomic E-state index is -4.48. The molecule has 0 radical (unpaired) electrons. The summed E-state index contributed by atoms with van der Waals surface area (Å²) < 4.78 is 38.6. The number of anilines is 1. The molecule has 0 spiro atoms. The van der Waals surface area contributed by atoms with E-state index in [9.17, 15) is 18.0 Å². The molecule has 1 amide bonds. The van der Waals surface area contributed by atoms with Gasteiger partial charge in [-0.15, -0.1) is 0 Å². The fourth-order valence-corrected chi connectivity index (χ4v) is 3.39. The highest BCUT2D eigenvalue weighted by molar-refractivity contribution is 6.33. The summed E-state index contributed by atoms with van der Waals surface area (Å²) in [6, 6.07) is 13.0. The van der Waals surface area contributed by atoms with Crippen molar-refractivity contribution in [2.24, 2.45) is 5.92 Å². The van der Waals surface area contributed by atoms with Crippen LogP contribution in [0.2, 0.25) is 5.02 Å². The minimum Gasteiger partial charge on any atom is -0.325 e. The fraction of sp³-hybridized carbons (Fsp3) is 0.350. The van der Waals surface area contributed by atoms with Crippen LogP contribution in [0.3, 0.4) is 0 Å². The Labute approximate surface area is 161 Å². The maximum atomic E-state index is 12.9. The van der Waals surface area contributed by atoms with Gasteiger partial charge in [-0.05, 0) is 49.7 Å². The van der Waals surface area contributed by atoms with Crippen LogP contribution in [0.1, 0.15) is 24.0 Å². The van der Waals surface area contributed by atoms with Gasteiger partial charge in [0.15, 0.2) is 0 Å². The van der Waals surface area contributed by atoms with Crippen molar-refractivity contribution in [2.45, 2.75) is 25.6 Å². The van der Waals surface area contributed by atoms with E-state index >= 15 is 0 Å². The Morgan fingerprint density at radius 1 is 1.11 bits per heavy atom. The molecule has 2 aromatic carbocycles. The van der Waals surface area contributed by atoms with E-state index in [1.54, 1.807) is 0 Å². The van der Waals surface area contributed by atoms with Gasteiger partial charge in [0, 0.05) is 12.5 Å². The Morgan fingerprint density at radius 3 is 2.41 bits per heavy atom. The van der Waals surface area contributed by atoms with E-state index < -0.39 is 11.7 Å². The third kappa shape index (κ3) is 5.23. The smallest absolute Gasteiger partial charge is 0.325 e. The summed E-state index contributed by atoms with van der Waals surface area (Å²) in [6.07, 6.45) is -3.16. The van der Waals surface area contributed by atoms with E-state index in [-0.39, 0.29) is 22.5 Å². The largest absolute Gasteiger partial charge is 0.416 e. The molecule has 27 heavy (non-hydrogen) atoms. The molecule has 1 fully saturated rings. The summed E-state index contributed by atoms with van der Waals surface area (Å²) in [5.41, 5.74) is 0.388. The van der Waals surface area contributed by atoms with E-state index in [0.29, 0.717) is 12.8 Å². The highest BCUT2D eigenvalue weighted by Gasteiger charge is 2.31. The second-order valence-electron chi connectivity index (χ2n) is 6.72. The van der Waals surface area contributed by atoms with Crippen molar-refractivity contribution >= 4 is 23.2 Å². The van der Waals surface area contributed by atoms with Crippen molar-refractivity contribution in [3.05, 3.63) is 64.7 Å². The van der Waals surface area contributed by atoms with Crippen LogP contribution in [0.4, 0.5) is 18.9 Å². The summed E-state index contributed by atoms with van der Waals surface area (Å²) in [4.78, 5) is 14.8. The summed E-state index contributed by atoms with van der Waals surface area (Å²) in [7, 11) is 0. The number of hydrogen-bond donors (Lipinski definition) is 1. The van der Waals surface area contributed by atoms with Crippen LogP contribution in [0.15, 0.2) is 48.5 Å². The van der Waals surface area contributed by atoms with Gasteiger partial charge in [0.2, 0.25) is 5.91 Å². The first-order chi connectivity index (χ1) is 12.8. The number of carbonyl (C=O) groups is 1. The molecule has 144 valence electrons. The van der Waals surface area contributed by atoms with Crippen molar-refractivity contribution in [1.82, 2.24) is 4.90 Å². The van der Waals surface area contributed by atoms with Gasteiger partial charge in [0.05, 0.1) is 16.3 Å². The number of nitrogens with one attached hydrogen (secondary N) is 1. The number of alkyl halides is 3. The Bertz CT molecular complexity index is 788. The topological polar surface area (TPSA) is 32.3 Å². The van der Waals surface area contributed by atoms with Gasteiger partial charge in [0.25, 0.3) is 0 Å². The molecule has 0 aliphatic carbocycles. The van der Waals surface area contributed by atoms with Crippen LogP contribution in [0.5, 0.6) is 0 Å². The van der Waals surface area contributed by atoms with E-state index in [2.05, 4.69) is 22.3 Å². The van der Waals surface area contributed by atoms with Crippen molar-refractivity contribution in [3.8, 4) is 0 Å². The standard InChI is InChI=1S/C20H20ClF3N2O/c21-17-7-6-16(20(22,23)24)12-18(17)25-19(27)15-8-10-26(11-9-15)13-14-4-2-1-3-5-14/h1-7,12,15H,8-11,13H2,(H,25,27). The summed E-state index contributed by atoms with van der Waals surface area (Å²) in [5.74, 6) is -0.516. The van der Waals surface area contributed by atoms with Crippen LogP contribution < -0.4 is 5.32 Å². The lowest BCUT2D eigenvalue weighted by Gasteiger charge is -2.31. The average molecular weight is 397 g/mol. The number of rotatable bonds is 4. The van der Waals surface area contributed by atoms with Gasteiger partial charge in [0.1, 0.15) is 0 Å². The zero-order valence-corrected chi connectivity index (χ0v) is 15.4. The normalized spacial score (nSPS) is 16.3. The van der Waals surface area contributed by atoms with Gasteiger partial charge in [-0.3, -0.25) is 9.69 Å². The first-order valence-corrected chi connectivity index (χ1v) is 9.14. The number of nitrogens with zero attached hydrogens (tertiary/aromatic N) is 1. The van der Waals surface area contributed by atoms with Gasteiger partial charge in [-0.1, -0.05) is 41.9 Å². The third-order valence-corrected chi connectivity index (χ3v) is 5.09. The number of hydrogen-bond acceptors (Lipinski definition) is 2. The van der Waals surface area contributed by atoms with Gasteiger partial charge >= 0.3 is 6.18 Å². The van der Waals surface area contributed by atoms with E-state index in [4.69, 9.17) is 11.6 Å². The maximum absolute atomic E-state index is 12.9. The van der Waals surface area contributed by atoms with Crippen LogP contribution in [0.25, 0.3) is 0 Å². The zero-order chi connectivity index (χ0) is 19.4. The fourth-order valence-electron chi connectivity index (χ4n) is 3.23. The Balaban J connectivity index is 1.57. The monoisotopic (exact) mass is 396 g/mol. The lowest BCUT2D eigenvalue weighted by molar-refractivity contribution is -0.137. The molecule has 1 aliphatic heterocycles. The zero-order valence-electron chi connectivity index (χ0n) is 14.6. The number of likely N-dealkylation sites (tertiary alicyclic amines) is 1. The number of amides is 1. The highest BCUT2D eigenvalue weighted by atomic mass is 35.5. The molecule has 2 aromatic rings. The van der Waals surface area contributed by atoms with Crippen LogP contribution in [-0.2, 0) is 17.5 Å². The Kier molecular flexibility index (Phi) is 6.07. The molecule has 3 rings (SSSR count). The van der Waals surface area contributed by atoms with Gasteiger partial charge in [-0.25, -0.2) is 0 Å². The predicted octanol–water partition coefficient (Wildman–Crippen LogP) is 5.21. The average Bonchev–Trinajstić information content (AvgIpc) is 2.64. The molecule has 0 bridgehead atoms. The van der Waals surface area contributed by atoms with Crippen molar-refractivity contribution in [3.63, 3.8) is 0 Å². The number of halogens is 4. The van der Waals surface area contributed by atoms with Crippen LogP contribution >= 0.6 is 11.6 Å². The molecule has 1 aliphatic rings. The Morgan fingerprint density at radius 2 is 1.78 bits per heavy atom. The number of piperidine rings is 1. The summed E-state index contributed by atoms with van der Waals surface area (Å²) in [5, 5.41) is 2.66. The minimum absolute atomic E-state index is 0.00297. The lowest BCUT2D eigenvalue weighted by Crippen LogP contribution is -2.37. The first-order valence-electron chi connectivity index (χ1n) is 8.77. The van der Waals surface area contributed by atoms with E-state index in [1.807, 2.05) is 18.2 Å². The molecule has 1 N–H and O–H groups in total. The second-order valence-corrected chi connectivity index (χ2v) is 7.12. The molecule has 0 unspecified atom stereocenters. The predicted molar refractivity (Wildman–Crippen MR) is 99.5 cm³/mol. The first kappa shape index (κ1) is 19.7. The molecule has 0 aromatic heterocycles. The second kappa shape index (κ2) is 8.31. The number of benzene rings is 2. The lowest BCUT2D eigenvalue weighted by atomic mass is 9.95. The van der Waals surface area contributed by atoms with Gasteiger partial charge in [-0.2, -0.15) is 13.2 Å². The highest BCUT2D eigenvalue weighted by Crippen LogP contribution is 2.34. The van der Waals surface area contributed by atoms with Crippen LogP contribution in [0, 0.1) is 5.92 Å². The summed E-state index contributed by atoms with van der Waals surface area (Å²) >= 11 is 5.95. The molecule has 7 heteroatoms. The molecular formula is C20H20ClF3N2O. The quantitative estimate of drug-likeness (QED) is 0.769.